The summed E-state index contributed by atoms with van der Waals surface area (Å²) in [6, 6.07) is 8.65. The van der Waals surface area contributed by atoms with Crippen LogP contribution in [0.4, 0.5) is 0 Å². The molecule has 0 N–H and O–H groups in total. The number of amides is 1. The maximum Gasteiger partial charge on any atom is 0.254 e. The van der Waals surface area contributed by atoms with Gasteiger partial charge in [-0.15, -0.1) is 0 Å². The number of aromatic nitrogens is 3. The molecule has 0 bridgehead atoms. The van der Waals surface area contributed by atoms with Gasteiger partial charge in [0, 0.05) is 35.8 Å². The van der Waals surface area contributed by atoms with Crippen LogP contribution in [0.25, 0.3) is 22.2 Å². The lowest BCUT2D eigenvalue weighted by atomic mass is 9.99. The standard InChI is InChI=1S/C23H28N4O/c1-15(2)27-14-18(13-24-27)21-12-20(19-9-8-16(3)11-22(19)25-21)23(28)26-10-6-5-7-17(26)4/h8-9,11-15,17H,5-7,10H2,1-4H3/t17-/m1/s1. The summed E-state index contributed by atoms with van der Waals surface area (Å²) in [4.78, 5) is 20.4. The first kappa shape index (κ1) is 18.7. The van der Waals surface area contributed by atoms with E-state index in [0.29, 0.717) is 0 Å². The van der Waals surface area contributed by atoms with Crippen LogP contribution in [0.1, 0.15) is 62.0 Å². The minimum Gasteiger partial charge on any atom is -0.336 e. The molecule has 3 heterocycles. The summed E-state index contributed by atoms with van der Waals surface area (Å²) in [6.07, 6.45) is 7.18. The monoisotopic (exact) mass is 376 g/mol. The molecule has 4 rings (SSSR count). The van der Waals surface area contributed by atoms with Gasteiger partial charge in [-0.2, -0.15) is 5.10 Å². The Morgan fingerprint density at radius 3 is 2.75 bits per heavy atom. The van der Waals surface area contributed by atoms with Crippen molar-refractivity contribution < 1.29 is 4.79 Å². The van der Waals surface area contributed by atoms with Gasteiger partial charge in [0.15, 0.2) is 0 Å². The van der Waals surface area contributed by atoms with Gasteiger partial charge >= 0.3 is 0 Å². The molecule has 0 unspecified atom stereocenters. The summed E-state index contributed by atoms with van der Waals surface area (Å²) in [6.45, 7) is 9.23. The highest BCUT2D eigenvalue weighted by Crippen LogP contribution is 2.28. The zero-order valence-electron chi connectivity index (χ0n) is 17.1. The third kappa shape index (κ3) is 3.41. The van der Waals surface area contributed by atoms with Gasteiger partial charge in [0.25, 0.3) is 5.91 Å². The van der Waals surface area contributed by atoms with E-state index in [1.165, 1.54) is 6.42 Å². The quantitative estimate of drug-likeness (QED) is 0.646. The Morgan fingerprint density at radius 1 is 1.21 bits per heavy atom. The van der Waals surface area contributed by atoms with E-state index in [2.05, 4.69) is 44.9 Å². The van der Waals surface area contributed by atoms with E-state index in [1.807, 2.05) is 34.1 Å². The molecule has 1 aliphatic heterocycles. The predicted octanol–water partition coefficient (Wildman–Crippen LogP) is 5.00. The molecule has 1 aromatic carbocycles. The number of rotatable bonds is 3. The minimum absolute atomic E-state index is 0.112. The molecule has 2 aromatic heterocycles. The average Bonchev–Trinajstić information content (AvgIpc) is 3.17. The summed E-state index contributed by atoms with van der Waals surface area (Å²) < 4.78 is 1.92. The van der Waals surface area contributed by atoms with E-state index >= 15 is 0 Å². The third-order valence-corrected chi connectivity index (χ3v) is 5.69. The second-order valence-electron chi connectivity index (χ2n) is 8.22. The molecule has 0 saturated carbocycles. The van der Waals surface area contributed by atoms with E-state index in [1.54, 1.807) is 0 Å². The second kappa shape index (κ2) is 7.38. The number of pyridine rings is 1. The molecule has 0 aliphatic carbocycles. The highest BCUT2D eigenvalue weighted by Gasteiger charge is 2.26. The summed E-state index contributed by atoms with van der Waals surface area (Å²) in [5, 5.41) is 5.37. The normalized spacial score (nSPS) is 17.5. The van der Waals surface area contributed by atoms with Crippen LogP contribution in [-0.4, -0.2) is 38.2 Å². The van der Waals surface area contributed by atoms with Gasteiger partial charge in [-0.05, 0) is 64.7 Å². The Morgan fingerprint density at radius 2 is 2.04 bits per heavy atom. The van der Waals surface area contributed by atoms with Crippen molar-refractivity contribution in [3.8, 4) is 11.3 Å². The number of nitrogens with zero attached hydrogens (tertiary/aromatic N) is 4. The first-order valence-electron chi connectivity index (χ1n) is 10.2. The Labute approximate surface area is 166 Å². The van der Waals surface area contributed by atoms with Crippen molar-refractivity contribution in [2.24, 2.45) is 0 Å². The van der Waals surface area contributed by atoms with Crippen LogP contribution in [0.15, 0.2) is 36.7 Å². The fourth-order valence-electron chi connectivity index (χ4n) is 3.97. The SMILES string of the molecule is Cc1ccc2c(C(=O)N3CCCC[C@H]3C)cc(-c3cnn(C(C)C)c3)nc2c1. The number of likely N-dealkylation sites (tertiary alicyclic amines) is 1. The minimum atomic E-state index is 0.112. The van der Waals surface area contributed by atoms with E-state index in [-0.39, 0.29) is 18.0 Å². The van der Waals surface area contributed by atoms with Crippen LogP contribution < -0.4 is 0 Å². The van der Waals surface area contributed by atoms with Crippen LogP contribution in [0.2, 0.25) is 0 Å². The highest BCUT2D eigenvalue weighted by atomic mass is 16.2. The van der Waals surface area contributed by atoms with Crippen molar-refractivity contribution in [1.82, 2.24) is 19.7 Å². The van der Waals surface area contributed by atoms with Gasteiger partial charge in [0.1, 0.15) is 0 Å². The van der Waals surface area contributed by atoms with E-state index in [4.69, 9.17) is 4.98 Å². The summed E-state index contributed by atoms with van der Waals surface area (Å²) in [5.41, 5.74) is 4.49. The molecule has 1 saturated heterocycles. The molecule has 0 spiro atoms. The van der Waals surface area contributed by atoms with Gasteiger partial charge < -0.3 is 4.90 Å². The lowest BCUT2D eigenvalue weighted by Gasteiger charge is -2.33. The maximum atomic E-state index is 13.5. The summed E-state index contributed by atoms with van der Waals surface area (Å²) in [5.74, 6) is 0.112. The molecule has 1 fully saturated rings. The van der Waals surface area contributed by atoms with E-state index in [9.17, 15) is 4.79 Å². The van der Waals surface area contributed by atoms with Crippen molar-refractivity contribution in [2.75, 3.05) is 6.54 Å². The zero-order chi connectivity index (χ0) is 19.8. The number of benzene rings is 1. The van der Waals surface area contributed by atoms with E-state index in [0.717, 1.165) is 52.7 Å². The fourth-order valence-corrected chi connectivity index (χ4v) is 3.97. The molecule has 1 aliphatic rings. The zero-order valence-corrected chi connectivity index (χ0v) is 17.1. The molecule has 1 atom stereocenters. The number of aryl methyl sites for hydroxylation is 1. The molecule has 5 nitrogen and oxygen atoms in total. The van der Waals surface area contributed by atoms with Crippen LogP contribution >= 0.6 is 0 Å². The Bertz CT molecular complexity index is 1020. The molecule has 5 heteroatoms. The van der Waals surface area contributed by atoms with Gasteiger partial charge in [-0.25, -0.2) is 4.98 Å². The van der Waals surface area contributed by atoms with Gasteiger partial charge in [0.2, 0.25) is 0 Å². The number of fused-ring (bicyclic) bond motifs is 1. The van der Waals surface area contributed by atoms with Crippen LogP contribution in [0.3, 0.4) is 0 Å². The number of carbonyl (C=O) groups excluding carboxylic acids is 1. The molecular weight excluding hydrogens is 348 g/mol. The van der Waals surface area contributed by atoms with Crippen molar-refractivity contribution >= 4 is 16.8 Å². The maximum absolute atomic E-state index is 13.5. The molecule has 28 heavy (non-hydrogen) atoms. The molecule has 3 aromatic rings. The Kier molecular flexibility index (Phi) is 4.92. The predicted molar refractivity (Wildman–Crippen MR) is 112 cm³/mol. The Balaban J connectivity index is 1.85. The summed E-state index contributed by atoms with van der Waals surface area (Å²) >= 11 is 0. The number of piperidine rings is 1. The second-order valence-corrected chi connectivity index (χ2v) is 8.22. The van der Waals surface area contributed by atoms with Crippen molar-refractivity contribution in [2.45, 2.75) is 59.0 Å². The topological polar surface area (TPSA) is 51.0 Å². The first-order valence-corrected chi connectivity index (χ1v) is 10.2. The lowest BCUT2D eigenvalue weighted by Crippen LogP contribution is -2.42. The molecule has 0 radical (unpaired) electrons. The summed E-state index contributed by atoms with van der Waals surface area (Å²) in [7, 11) is 0. The lowest BCUT2D eigenvalue weighted by molar-refractivity contribution is 0.0637. The molecular formula is C23H28N4O. The third-order valence-electron chi connectivity index (χ3n) is 5.69. The Hall–Kier alpha value is -2.69. The van der Waals surface area contributed by atoms with Gasteiger partial charge in [-0.3, -0.25) is 9.48 Å². The van der Waals surface area contributed by atoms with E-state index < -0.39 is 0 Å². The molecule has 146 valence electrons. The van der Waals surface area contributed by atoms with Crippen molar-refractivity contribution in [3.63, 3.8) is 0 Å². The highest BCUT2D eigenvalue weighted by molar-refractivity contribution is 6.07. The number of hydrogen-bond donors (Lipinski definition) is 0. The van der Waals surface area contributed by atoms with Gasteiger partial charge in [0.05, 0.1) is 23.0 Å². The van der Waals surface area contributed by atoms with Crippen molar-refractivity contribution in [3.05, 3.63) is 47.8 Å². The van der Waals surface area contributed by atoms with Gasteiger partial charge in [-0.1, -0.05) is 12.1 Å². The smallest absolute Gasteiger partial charge is 0.254 e. The first-order chi connectivity index (χ1) is 13.4. The largest absolute Gasteiger partial charge is 0.336 e. The van der Waals surface area contributed by atoms with Crippen LogP contribution in [0, 0.1) is 6.92 Å². The van der Waals surface area contributed by atoms with Crippen LogP contribution in [-0.2, 0) is 0 Å². The number of carbonyl (C=O) groups is 1. The number of hydrogen-bond acceptors (Lipinski definition) is 3. The average molecular weight is 377 g/mol. The molecule has 1 amide bonds. The van der Waals surface area contributed by atoms with Crippen LogP contribution in [0.5, 0.6) is 0 Å². The fraction of sp³-hybridized carbons (Fsp3) is 0.435. The van der Waals surface area contributed by atoms with Crippen molar-refractivity contribution in [1.29, 1.82) is 0 Å².